The molecule has 222 valence electrons. The molecule has 2 N–H and O–H groups in total. The highest BCUT2D eigenvalue weighted by atomic mass is 16.5. The number of amides is 2. The predicted molar refractivity (Wildman–Crippen MR) is 167 cm³/mol. The van der Waals surface area contributed by atoms with Crippen LogP contribution in [-0.2, 0) is 14.9 Å². The first-order valence-corrected chi connectivity index (χ1v) is 14.4. The number of morpholine rings is 1. The predicted octanol–water partition coefficient (Wildman–Crippen LogP) is 6.00. The van der Waals surface area contributed by atoms with E-state index in [1.807, 2.05) is 73.7 Å². The Labute approximate surface area is 247 Å². The SMILES string of the molecule is COCC1CN(CCOc2ccc(NC(=O)Nc3cc(C(C)(C)C)nn3-c3cccc(C)c3)c3ccccc23)CCO1. The summed E-state index contributed by atoms with van der Waals surface area (Å²) in [5.41, 5.74) is 3.41. The largest absolute Gasteiger partial charge is 0.492 e. The number of anilines is 2. The first-order chi connectivity index (χ1) is 20.2. The standard InChI is InChI=1S/C33H41N5O4/c1-23-9-8-10-24(19-23)38-31(20-30(36-38)33(2,3)4)35-32(39)34-28-13-14-29(27-12-7-6-11-26(27)28)42-18-16-37-15-17-41-25(21-37)22-40-5/h6-14,19-20,25H,15-18,21-22H2,1-5H3,(H2,34,35,39). The van der Waals surface area contributed by atoms with E-state index in [0.29, 0.717) is 31.3 Å². The number of hydrogen-bond donors (Lipinski definition) is 2. The summed E-state index contributed by atoms with van der Waals surface area (Å²) in [4.78, 5) is 15.7. The van der Waals surface area contributed by atoms with E-state index >= 15 is 0 Å². The average Bonchev–Trinajstić information content (AvgIpc) is 3.39. The van der Waals surface area contributed by atoms with Crippen molar-refractivity contribution in [3.05, 3.63) is 78.0 Å². The Balaban J connectivity index is 1.30. The van der Waals surface area contributed by atoms with E-state index in [9.17, 15) is 4.79 Å². The van der Waals surface area contributed by atoms with Gasteiger partial charge in [-0.05, 0) is 36.8 Å². The molecule has 1 atom stereocenters. The molecule has 3 aromatic carbocycles. The maximum atomic E-state index is 13.3. The quantitative estimate of drug-likeness (QED) is 0.256. The second-order valence-electron chi connectivity index (χ2n) is 11.7. The van der Waals surface area contributed by atoms with Gasteiger partial charge in [-0.2, -0.15) is 5.10 Å². The Kier molecular flexibility index (Phi) is 9.11. The van der Waals surface area contributed by atoms with Crippen LogP contribution in [-0.4, -0.2) is 73.4 Å². The van der Waals surface area contributed by atoms with Crippen molar-refractivity contribution in [1.82, 2.24) is 14.7 Å². The zero-order valence-electron chi connectivity index (χ0n) is 25.1. The van der Waals surface area contributed by atoms with Gasteiger partial charge in [0, 0.05) is 49.0 Å². The van der Waals surface area contributed by atoms with Crippen molar-refractivity contribution in [3.8, 4) is 11.4 Å². The number of urea groups is 1. The number of fused-ring (bicyclic) bond motifs is 1. The van der Waals surface area contributed by atoms with Gasteiger partial charge >= 0.3 is 6.03 Å². The van der Waals surface area contributed by atoms with Crippen molar-refractivity contribution in [2.75, 3.05) is 57.2 Å². The van der Waals surface area contributed by atoms with Crippen LogP contribution in [0.25, 0.3) is 16.5 Å². The van der Waals surface area contributed by atoms with E-state index in [4.69, 9.17) is 19.3 Å². The maximum absolute atomic E-state index is 13.3. The topological polar surface area (TPSA) is 89.9 Å². The fourth-order valence-corrected chi connectivity index (χ4v) is 5.12. The van der Waals surface area contributed by atoms with Crippen LogP contribution in [0.3, 0.4) is 0 Å². The highest BCUT2D eigenvalue weighted by molar-refractivity contribution is 6.07. The Morgan fingerprint density at radius 2 is 1.86 bits per heavy atom. The number of methoxy groups -OCH3 is 1. The molecular formula is C33H41N5O4. The monoisotopic (exact) mass is 571 g/mol. The molecule has 0 saturated carbocycles. The van der Waals surface area contributed by atoms with E-state index in [2.05, 4.69) is 36.3 Å². The fourth-order valence-electron chi connectivity index (χ4n) is 5.12. The van der Waals surface area contributed by atoms with Crippen LogP contribution in [0, 0.1) is 6.92 Å². The first kappa shape index (κ1) is 29.6. The summed E-state index contributed by atoms with van der Waals surface area (Å²) in [5.74, 6) is 1.38. The zero-order chi connectivity index (χ0) is 29.7. The number of rotatable bonds is 9. The maximum Gasteiger partial charge on any atom is 0.324 e. The number of carbonyl (C=O) groups excluding carboxylic acids is 1. The molecule has 0 spiro atoms. The van der Waals surface area contributed by atoms with Crippen LogP contribution >= 0.6 is 0 Å². The number of hydrogen-bond acceptors (Lipinski definition) is 6. The number of aromatic nitrogens is 2. The number of carbonyl (C=O) groups is 1. The van der Waals surface area contributed by atoms with E-state index in [1.54, 1.807) is 11.8 Å². The van der Waals surface area contributed by atoms with E-state index in [-0.39, 0.29) is 17.6 Å². The summed E-state index contributed by atoms with van der Waals surface area (Å²) in [6.07, 6.45) is 0.0941. The van der Waals surface area contributed by atoms with Crippen LogP contribution in [0.4, 0.5) is 16.3 Å². The molecule has 0 bridgehead atoms. The number of ether oxygens (including phenoxy) is 3. The average molecular weight is 572 g/mol. The van der Waals surface area contributed by atoms with Crippen molar-refractivity contribution in [2.24, 2.45) is 0 Å². The van der Waals surface area contributed by atoms with Crippen LogP contribution in [0.1, 0.15) is 32.0 Å². The summed E-state index contributed by atoms with van der Waals surface area (Å²) < 4.78 is 19.0. The second kappa shape index (κ2) is 12.9. The van der Waals surface area contributed by atoms with Gasteiger partial charge in [0.2, 0.25) is 0 Å². The minimum absolute atomic E-state index is 0.0941. The van der Waals surface area contributed by atoms with Crippen LogP contribution in [0.5, 0.6) is 5.75 Å². The lowest BCUT2D eigenvalue weighted by Crippen LogP contribution is -2.45. The molecule has 1 unspecified atom stereocenters. The fraction of sp³-hybridized carbons (Fsp3) is 0.394. The summed E-state index contributed by atoms with van der Waals surface area (Å²) in [6.45, 7) is 12.7. The van der Waals surface area contributed by atoms with Gasteiger partial charge in [0.15, 0.2) is 0 Å². The van der Waals surface area contributed by atoms with Crippen molar-refractivity contribution in [2.45, 2.75) is 39.2 Å². The molecule has 2 amide bonds. The molecule has 1 aromatic heterocycles. The van der Waals surface area contributed by atoms with Gasteiger partial charge in [0.1, 0.15) is 18.2 Å². The van der Waals surface area contributed by atoms with Gasteiger partial charge in [-0.1, -0.05) is 57.2 Å². The molecule has 4 aromatic rings. The van der Waals surface area contributed by atoms with Crippen LogP contribution in [0.15, 0.2) is 66.7 Å². The van der Waals surface area contributed by atoms with Gasteiger partial charge in [-0.25, -0.2) is 9.48 Å². The molecule has 5 rings (SSSR count). The lowest BCUT2D eigenvalue weighted by molar-refractivity contribution is -0.0627. The van der Waals surface area contributed by atoms with Gasteiger partial charge in [-0.15, -0.1) is 0 Å². The summed E-state index contributed by atoms with van der Waals surface area (Å²) in [6, 6.07) is 21.4. The Morgan fingerprint density at radius 3 is 2.62 bits per heavy atom. The van der Waals surface area contributed by atoms with Crippen molar-refractivity contribution in [1.29, 1.82) is 0 Å². The number of benzene rings is 3. The number of nitrogens with one attached hydrogen (secondary N) is 2. The summed E-state index contributed by atoms with van der Waals surface area (Å²) in [5, 5.41) is 12.7. The third kappa shape index (κ3) is 7.10. The van der Waals surface area contributed by atoms with Crippen molar-refractivity contribution >= 4 is 28.3 Å². The van der Waals surface area contributed by atoms with Crippen LogP contribution in [0.2, 0.25) is 0 Å². The minimum Gasteiger partial charge on any atom is -0.492 e. The normalized spacial score (nSPS) is 16.0. The molecule has 0 radical (unpaired) electrons. The lowest BCUT2D eigenvalue weighted by Gasteiger charge is -2.32. The summed E-state index contributed by atoms with van der Waals surface area (Å²) in [7, 11) is 1.70. The van der Waals surface area contributed by atoms with E-state index in [0.717, 1.165) is 53.1 Å². The molecule has 2 heterocycles. The molecule has 9 nitrogen and oxygen atoms in total. The molecule has 1 saturated heterocycles. The Bertz CT molecular complexity index is 1520. The van der Waals surface area contributed by atoms with Crippen molar-refractivity contribution < 1.29 is 19.0 Å². The third-order valence-electron chi connectivity index (χ3n) is 7.34. The highest BCUT2D eigenvalue weighted by Gasteiger charge is 2.22. The molecular weight excluding hydrogens is 530 g/mol. The molecule has 1 fully saturated rings. The van der Waals surface area contributed by atoms with Gasteiger partial charge in [-0.3, -0.25) is 10.2 Å². The van der Waals surface area contributed by atoms with Crippen molar-refractivity contribution in [3.63, 3.8) is 0 Å². The second-order valence-corrected chi connectivity index (χ2v) is 11.7. The molecule has 0 aliphatic carbocycles. The Morgan fingerprint density at radius 1 is 1.05 bits per heavy atom. The van der Waals surface area contributed by atoms with E-state index < -0.39 is 0 Å². The highest BCUT2D eigenvalue weighted by Crippen LogP contribution is 2.32. The Hall–Kier alpha value is -3.92. The van der Waals surface area contributed by atoms with Gasteiger partial charge < -0.3 is 19.5 Å². The van der Waals surface area contributed by atoms with Gasteiger partial charge in [0.05, 0.1) is 36.4 Å². The number of nitrogens with zero attached hydrogens (tertiary/aromatic N) is 3. The minimum atomic E-state index is -0.346. The van der Waals surface area contributed by atoms with E-state index in [1.165, 1.54) is 0 Å². The van der Waals surface area contributed by atoms with Gasteiger partial charge in [0.25, 0.3) is 0 Å². The zero-order valence-corrected chi connectivity index (χ0v) is 25.1. The molecule has 42 heavy (non-hydrogen) atoms. The third-order valence-corrected chi connectivity index (χ3v) is 7.34. The number of aryl methyl sites for hydroxylation is 1. The first-order valence-electron chi connectivity index (χ1n) is 14.4. The molecule has 1 aliphatic heterocycles. The summed E-state index contributed by atoms with van der Waals surface area (Å²) >= 11 is 0. The molecule has 9 heteroatoms. The lowest BCUT2D eigenvalue weighted by atomic mass is 9.92. The molecule has 1 aliphatic rings. The smallest absolute Gasteiger partial charge is 0.324 e. The van der Waals surface area contributed by atoms with Crippen LogP contribution < -0.4 is 15.4 Å².